The van der Waals surface area contributed by atoms with Crippen molar-refractivity contribution in [3.8, 4) is 11.1 Å². The van der Waals surface area contributed by atoms with E-state index in [1.165, 1.54) is 246 Å². The summed E-state index contributed by atoms with van der Waals surface area (Å²) in [6.07, 6.45) is 56.3. The Labute approximate surface area is 821 Å². The summed E-state index contributed by atoms with van der Waals surface area (Å²) in [6, 6.07) is 27.0. The number of para-hydroxylation sites is 4. The molecule has 0 radical (unpaired) electrons. The summed E-state index contributed by atoms with van der Waals surface area (Å²) in [5.74, 6) is -0.374. The molecule has 4 aromatic rings. The number of esters is 3. The van der Waals surface area contributed by atoms with E-state index < -0.39 is 14.5 Å². The first kappa shape index (κ1) is 140. The molecule has 0 N–H and O–H groups in total. The van der Waals surface area contributed by atoms with Crippen molar-refractivity contribution < 1.29 is 115 Å². The largest absolute Gasteiger partial charge is 0.673 e. The predicted octanol–water partition coefficient (Wildman–Crippen LogP) is 29.5. The second-order valence-electron chi connectivity index (χ2n) is 36.8. The highest BCUT2D eigenvalue weighted by Crippen LogP contribution is 2.48. The van der Waals surface area contributed by atoms with Gasteiger partial charge in [0.15, 0.2) is 24.8 Å². The molecular formula is C107H192B2F8N4O15. The highest BCUT2D eigenvalue weighted by molar-refractivity contribution is 6.50. The van der Waals surface area contributed by atoms with Crippen LogP contribution in [0, 0.1) is 16.2 Å². The summed E-state index contributed by atoms with van der Waals surface area (Å²) in [5.41, 5.74) is 6.95. The van der Waals surface area contributed by atoms with Crippen molar-refractivity contribution >= 4 is 72.5 Å². The lowest BCUT2D eigenvalue weighted by molar-refractivity contribution is -0.697. The molecule has 19 nitrogen and oxygen atoms in total. The third-order valence-corrected chi connectivity index (χ3v) is 21.9. The molecule has 2 aromatic carbocycles. The number of unbranched alkanes of at least 4 members (excludes halogenated alkanes) is 32. The summed E-state index contributed by atoms with van der Waals surface area (Å²) in [7, 11) is -6.79. The molecule has 0 spiro atoms. The van der Waals surface area contributed by atoms with Gasteiger partial charge in [-0.2, -0.15) is 0 Å². The molecule has 29 heteroatoms. The zero-order valence-corrected chi connectivity index (χ0v) is 81.8. The lowest BCUT2D eigenvalue weighted by atomic mass is 9.84. The molecule has 0 bridgehead atoms. The Kier molecular flexibility index (Phi) is 89.6. The molecule has 0 aliphatic carbocycles. The van der Waals surface area contributed by atoms with Gasteiger partial charge in [0.05, 0.1) is 101 Å². The Morgan fingerprint density at radius 3 is 0.706 bits per heavy atom. The number of hydrogen-bond donors (Lipinski definition) is 0. The third kappa shape index (κ3) is 84.0. The number of ketones is 3. The minimum absolute atomic E-state index is 0. The van der Waals surface area contributed by atoms with Gasteiger partial charge in [0.1, 0.15) is 37.0 Å². The number of hydrogen-bond acceptors (Lipinski definition) is 17. The quantitative estimate of drug-likeness (QED) is 0.0101. The fraction of sp³-hybridized carbons (Fsp3) is 0.738. The van der Waals surface area contributed by atoms with E-state index in [2.05, 4.69) is 117 Å². The van der Waals surface area contributed by atoms with Crippen molar-refractivity contribution in [3.05, 3.63) is 97.6 Å². The summed E-state index contributed by atoms with van der Waals surface area (Å²) in [6.45, 7) is 26.9. The number of fused-ring (bicyclic) bond motifs is 2. The molecule has 136 heavy (non-hydrogen) atoms. The average Bonchev–Trinajstić information content (AvgIpc) is 0.754. The van der Waals surface area contributed by atoms with Crippen LogP contribution < -0.4 is 18.9 Å². The third-order valence-electron chi connectivity index (χ3n) is 21.9. The van der Waals surface area contributed by atoms with Crippen molar-refractivity contribution in [3.63, 3.8) is 0 Å². The van der Waals surface area contributed by atoms with Crippen molar-refractivity contribution in [2.24, 2.45) is 16.2 Å². The number of halogens is 8. The van der Waals surface area contributed by atoms with Gasteiger partial charge in [0, 0.05) is 104 Å². The van der Waals surface area contributed by atoms with Crippen LogP contribution in [0.5, 0.6) is 0 Å². The van der Waals surface area contributed by atoms with Crippen LogP contribution in [0.1, 0.15) is 377 Å². The standard InChI is InChI=1S/C43H68N2O4.C41H68N2O4.C17H32O7.6CH4.2BF4/c1-37(46)35-43(2,3)36-42(47)49-34-26-18-14-10-6-8-12-16-24-32-45-40-29-21-19-27-38(40)44(39-28-20-22-30-41(39)45)31-23-15-11-7-5-9-13-17-25-33-48-4;1-37(44)35-41(2,3)36-40(45)47-34-22-18-14-10-6-8-12-16-20-28-43-31-25-39(26-32-43)38-23-29-42(30-24-38)27-19-15-11-7-5-9-13-17-21-33-46-4;1-15(18)13-17(2,3)14-16(19)24-12-11-23-10-9-22-8-7-21-6-5-20-4;;;;;;;2*2-1(3,4)5/h19-22,27-30H,5-18,23-26,31-36H2,1-4H3;23-26,29-32H,5-22,27-28,33-36H2,1-4H3;5-14H2,1-4H3;6*1H4;;/q;+2;;;;;;;;2*-1. The molecule has 792 valence electrons. The molecule has 1 aliphatic rings. The Morgan fingerprint density at radius 2 is 0.471 bits per heavy atom. The van der Waals surface area contributed by atoms with E-state index in [-0.39, 0.29) is 109 Å². The Hall–Kier alpha value is -6.91. The molecule has 0 saturated carbocycles. The number of carbonyl (C=O) groups excluding carboxylic acids is 6. The van der Waals surface area contributed by atoms with E-state index in [0.717, 1.165) is 65.1 Å². The number of Topliss-reactive ketones (excluding diaryl/α,β-unsaturated/α-hetero) is 3. The zero-order chi connectivity index (χ0) is 96.4. The highest BCUT2D eigenvalue weighted by Gasteiger charge is 2.30. The van der Waals surface area contributed by atoms with E-state index in [0.29, 0.717) is 91.6 Å². The first-order valence-corrected chi connectivity index (χ1v) is 48.6. The molecule has 0 atom stereocenters. The van der Waals surface area contributed by atoms with Gasteiger partial charge in [-0.1, -0.05) is 277 Å². The van der Waals surface area contributed by atoms with Gasteiger partial charge in [-0.05, 0) is 124 Å². The minimum Gasteiger partial charge on any atom is -0.466 e. The number of pyridine rings is 2. The Bertz CT molecular complexity index is 3460. The second-order valence-corrected chi connectivity index (χ2v) is 36.8. The summed E-state index contributed by atoms with van der Waals surface area (Å²) >= 11 is 0. The number of aryl methyl sites for hydroxylation is 2. The smallest absolute Gasteiger partial charge is 0.466 e. The van der Waals surface area contributed by atoms with Gasteiger partial charge in [-0.15, -0.1) is 0 Å². The van der Waals surface area contributed by atoms with Gasteiger partial charge in [0.2, 0.25) is 0 Å². The lowest BCUT2D eigenvalue weighted by Gasteiger charge is -2.40. The van der Waals surface area contributed by atoms with Crippen LogP contribution in [0.2, 0.25) is 0 Å². The molecule has 0 saturated heterocycles. The summed E-state index contributed by atoms with van der Waals surface area (Å²) in [4.78, 5) is 74.8. The average molecular weight is 1950 g/mol. The number of benzene rings is 2. The molecular weight excluding hydrogens is 1750 g/mol. The monoisotopic (exact) mass is 1950 g/mol. The van der Waals surface area contributed by atoms with Crippen LogP contribution in [-0.2, 0) is 84.5 Å². The molecule has 0 unspecified atom stereocenters. The maximum Gasteiger partial charge on any atom is 0.673 e. The van der Waals surface area contributed by atoms with E-state index in [1.54, 1.807) is 35.2 Å². The van der Waals surface area contributed by atoms with Gasteiger partial charge in [-0.25, -0.2) is 9.13 Å². The Balaban J connectivity index is -0.000000452. The van der Waals surface area contributed by atoms with E-state index in [4.69, 9.17) is 42.6 Å². The number of carbonyl (C=O) groups is 6. The van der Waals surface area contributed by atoms with Crippen LogP contribution in [-0.4, -0.2) is 163 Å². The van der Waals surface area contributed by atoms with Crippen LogP contribution >= 0.6 is 0 Å². The molecule has 0 fully saturated rings. The SMILES string of the molecule is C.C.C.C.C.C.COCCCCCCCCCCCN1c2ccccc2N(CCCCCCCCCCCOC(=O)CC(C)(C)CC(C)=O)c2ccccc21.COCCCCCCCCCCC[n+]1ccc(-c2cc[n+](CCCCCCCCCCCOC(=O)CC(C)(C)CC(C)=O)cc2)cc1.COCCOCCOCCOCCOC(=O)CC(C)(C)CC(C)=O.F[B-](F)(F)F.F[B-](F)(F)F. The van der Waals surface area contributed by atoms with E-state index in [1.807, 2.05) is 41.5 Å². The number of methoxy groups -OCH3 is 3. The van der Waals surface area contributed by atoms with E-state index in [9.17, 15) is 63.3 Å². The molecule has 2 aromatic heterocycles. The zero-order valence-electron chi connectivity index (χ0n) is 81.8. The van der Waals surface area contributed by atoms with Gasteiger partial charge in [-0.3, -0.25) is 14.4 Å². The minimum atomic E-state index is -6.00. The van der Waals surface area contributed by atoms with Crippen LogP contribution in [0.15, 0.2) is 97.6 Å². The molecule has 0 amide bonds. The van der Waals surface area contributed by atoms with Crippen LogP contribution in [0.4, 0.5) is 57.3 Å². The number of aromatic nitrogens is 2. The predicted molar refractivity (Wildman–Crippen MR) is 548 cm³/mol. The Morgan fingerprint density at radius 1 is 0.272 bits per heavy atom. The number of nitrogens with zero attached hydrogens (tertiary/aromatic N) is 4. The summed E-state index contributed by atoms with van der Waals surface area (Å²) < 4.78 is 130. The number of anilines is 4. The van der Waals surface area contributed by atoms with Crippen molar-refractivity contribution in [2.45, 2.75) is 390 Å². The fourth-order valence-electron chi connectivity index (χ4n) is 15.8. The normalized spacial score (nSPS) is 11.4. The van der Waals surface area contributed by atoms with Crippen molar-refractivity contribution in [2.75, 3.05) is 124 Å². The van der Waals surface area contributed by atoms with Gasteiger partial charge < -0.3 is 101 Å². The van der Waals surface area contributed by atoms with Gasteiger partial charge in [0.25, 0.3) is 0 Å². The van der Waals surface area contributed by atoms with Crippen LogP contribution in [0.3, 0.4) is 0 Å². The van der Waals surface area contributed by atoms with E-state index >= 15 is 0 Å². The number of rotatable bonds is 73. The highest BCUT2D eigenvalue weighted by atomic mass is 19.5. The molecule has 3 heterocycles. The molecule has 5 rings (SSSR count). The maximum atomic E-state index is 12.1. The fourth-order valence-corrected chi connectivity index (χ4v) is 15.8. The number of ether oxygens (including phenoxy) is 9. The topological polar surface area (TPSA) is 200 Å². The second kappa shape index (κ2) is 87.1. The lowest BCUT2D eigenvalue weighted by Crippen LogP contribution is -2.33. The van der Waals surface area contributed by atoms with Gasteiger partial charge >= 0.3 is 32.4 Å². The van der Waals surface area contributed by atoms with Crippen molar-refractivity contribution in [1.29, 1.82) is 0 Å². The van der Waals surface area contributed by atoms with Crippen molar-refractivity contribution in [1.82, 2.24) is 0 Å². The first-order valence-electron chi connectivity index (χ1n) is 48.6. The molecule has 1 aliphatic heterocycles. The first-order chi connectivity index (χ1) is 62.0. The maximum absolute atomic E-state index is 12.1. The van der Waals surface area contributed by atoms with Crippen LogP contribution in [0.25, 0.3) is 11.1 Å². The summed E-state index contributed by atoms with van der Waals surface area (Å²) in [5, 5.41) is 0.